The highest BCUT2D eigenvalue weighted by atomic mass is 32.1. The van der Waals surface area contributed by atoms with Gasteiger partial charge in [-0.05, 0) is 32.0 Å². The van der Waals surface area contributed by atoms with Crippen molar-refractivity contribution in [3.05, 3.63) is 21.4 Å². The van der Waals surface area contributed by atoms with Crippen LogP contribution in [0.1, 0.15) is 42.5 Å². The molecule has 1 N–H and O–H groups in total. The summed E-state index contributed by atoms with van der Waals surface area (Å²) in [4.78, 5) is 8.09. The largest absolute Gasteiger partial charge is 0.310 e. The van der Waals surface area contributed by atoms with E-state index in [0.29, 0.717) is 6.04 Å². The maximum atomic E-state index is 3.52. The lowest BCUT2D eigenvalue weighted by Gasteiger charge is -2.39. The van der Waals surface area contributed by atoms with Crippen LogP contribution in [0.4, 0.5) is 0 Å². The number of rotatable bonds is 6. The number of piperazine rings is 1. The van der Waals surface area contributed by atoms with Crippen LogP contribution >= 0.6 is 11.3 Å². The summed E-state index contributed by atoms with van der Waals surface area (Å²) in [6.45, 7) is 14.7. The van der Waals surface area contributed by atoms with Gasteiger partial charge in [0.15, 0.2) is 0 Å². The van der Waals surface area contributed by atoms with Crippen molar-refractivity contribution in [2.75, 3.05) is 26.7 Å². The van der Waals surface area contributed by atoms with Gasteiger partial charge in [0.25, 0.3) is 0 Å². The van der Waals surface area contributed by atoms with Gasteiger partial charge in [0.05, 0.1) is 0 Å². The Morgan fingerprint density at radius 2 is 2.14 bits per heavy atom. The van der Waals surface area contributed by atoms with E-state index < -0.39 is 0 Å². The monoisotopic (exact) mass is 309 g/mol. The SMILES string of the molecule is CCC1CN(Cc2cc(CNC(C)C)sc2C)CCN1C. The zero-order valence-electron chi connectivity index (χ0n) is 14.3. The molecule has 3 nitrogen and oxygen atoms in total. The first kappa shape index (κ1) is 16.9. The van der Waals surface area contributed by atoms with Gasteiger partial charge >= 0.3 is 0 Å². The average molecular weight is 310 g/mol. The zero-order chi connectivity index (χ0) is 15.4. The molecule has 1 atom stereocenters. The summed E-state index contributed by atoms with van der Waals surface area (Å²) in [5, 5.41) is 3.52. The molecule has 0 radical (unpaired) electrons. The van der Waals surface area contributed by atoms with Crippen molar-refractivity contribution in [2.24, 2.45) is 0 Å². The van der Waals surface area contributed by atoms with Gasteiger partial charge in [-0.15, -0.1) is 11.3 Å². The molecule has 0 amide bonds. The maximum Gasteiger partial charge on any atom is 0.0302 e. The molecule has 1 aliphatic rings. The molecule has 1 aromatic heterocycles. The molecular formula is C17H31N3S. The minimum atomic E-state index is 0.554. The van der Waals surface area contributed by atoms with Crippen molar-refractivity contribution in [1.82, 2.24) is 15.1 Å². The molecule has 1 saturated heterocycles. The van der Waals surface area contributed by atoms with E-state index in [4.69, 9.17) is 0 Å². The predicted octanol–water partition coefficient (Wildman–Crippen LogP) is 3.08. The van der Waals surface area contributed by atoms with Crippen LogP contribution in [0, 0.1) is 6.92 Å². The van der Waals surface area contributed by atoms with E-state index in [1.807, 2.05) is 11.3 Å². The Bertz CT molecular complexity index is 441. The fourth-order valence-electron chi connectivity index (χ4n) is 2.97. The highest BCUT2D eigenvalue weighted by Gasteiger charge is 2.23. The summed E-state index contributed by atoms with van der Waals surface area (Å²) >= 11 is 1.95. The first-order valence-corrected chi connectivity index (χ1v) is 9.05. The normalized spacial score (nSPS) is 21.3. The van der Waals surface area contributed by atoms with Crippen LogP contribution in [0.2, 0.25) is 0 Å². The Hall–Kier alpha value is -0.420. The lowest BCUT2D eigenvalue weighted by Crippen LogP contribution is -2.50. The molecular weight excluding hydrogens is 278 g/mol. The van der Waals surface area contributed by atoms with Crippen molar-refractivity contribution in [2.45, 2.75) is 59.3 Å². The van der Waals surface area contributed by atoms with Crippen molar-refractivity contribution in [1.29, 1.82) is 0 Å². The number of hydrogen-bond donors (Lipinski definition) is 1. The van der Waals surface area contributed by atoms with Gasteiger partial charge in [0.1, 0.15) is 0 Å². The molecule has 1 aromatic rings. The second-order valence-electron chi connectivity index (χ2n) is 6.61. The third-order valence-electron chi connectivity index (χ3n) is 4.48. The third-order valence-corrected chi connectivity index (χ3v) is 5.58. The van der Waals surface area contributed by atoms with Gasteiger partial charge in [-0.2, -0.15) is 0 Å². The number of likely N-dealkylation sites (N-methyl/N-ethyl adjacent to an activating group) is 1. The van der Waals surface area contributed by atoms with Crippen molar-refractivity contribution < 1.29 is 0 Å². The molecule has 0 aliphatic carbocycles. The number of thiophene rings is 1. The Balaban J connectivity index is 1.93. The molecule has 1 aliphatic heterocycles. The zero-order valence-corrected chi connectivity index (χ0v) is 15.1. The van der Waals surface area contributed by atoms with Crippen LogP contribution < -0.4 is 5.32 Å². The van der Waals surface area contributed by atoms with E-state index >= 15 is 0 Å². The van der Waals surface area contributed by atoms with Crippen LogP contribution in [0.3, 0.4) is 0 Å². The summed E-state index contributed by atoms with van der Waals surface area (Å²) < 4.78 is 0. The van der Waals surface area contributed by atoms with Gasteiger partial charge < -0.3 is 10.2 Å². The predicted molar refractivity (Wildman–Crippen MR) is 93.0 cm³/mol. The van der Waals surface area contributed by atoms with Gasteiger partial charge in [0, 0.05) is 54.6 Å². The standard InChI is InChI=1S/C17H31N3S/c1-6-16-12-20(8-7-19(16)5)11-15-9-17(21-14(15)4)10-18-13(2)3/h9,13,16,18H,6-8,10-12H2,1-5H3. The quantitative estimate of drug-likeness (QED) is 0.871. The molecule has 120 valence electrons. The van der Waals surface area contributed by atoms with E-state index in [-0.39, 0.29) is 0 Å². The highest BCUT2D eigenvalue weighted by Crippen LogP contribution is 2.24. The highest BCUT2D eigenvalue weighted by molar-refractivity contribution is 7.12. The van der Waals surface area contributed by atoms with E-state index in [0.717, 1.165) is 19.1 Å². The average Bonchev–Trinajstić information content (AvgIpc) is 2.79. The van der Waals surface area contributed by atoms with E-state index in [1.165, 1.54) is 41.4 Å². The number of aryl methyl sites for hydroxylation is 1. The third kappa shape index (κ3) is 4.78. The topological polar surface area (TPSA) is 18.5 Å². The fourth-order valence-corrected chi connectivity index (χ4v) is 3.98. The van der Waals surface area contributed by atoms with Gasteiger partial charge in [-0.25, -0.2) is 0 Å². The molecule has 4 heteroatoms. The molecule has 1 fully saturated rings. The van der Waals surface area contributed by atoms with Crippen LogP contribution in [0.15, 0.2) is 6.07 Å². The first-order valence-electron chi connectivity index (χ1n) is 8.23. The minimum Gasteiger partial charge on any atom is -0.310 e. The van der Waals surface area contributed by atoms with Gasteiger partial charge in [0.2, 0.25) is 0 Å². The summed E-state index contributed by atoms with van der Waals surface area (Å²) in [5.41, 5.74) is 1.53. The Labute approximate surface area is 134 Å². The molecule has 21 heavy (non-hydrogen) atoms. The van der Waals surface area contributed by atoms with E-state index in [1.54, 1.807) is 0 Å². The second-order valence-corrected chi connectivity index (χ2v) is 7.95. The van der Waals surface area contributed by atoms with Crippen molar-refractivity contribution in [3.63, 3.8) is 0 Å². The fraction of sp³-hybridized carbons (Fsp3) is 0.765. The molecule has 0 spiro atoms. The summed E-state index contributed by atoms with van der Waals surface area (Å²) in [6, 6.07) is 3.69. The second kappa shape index (κ2) is 7.73. The Morgan fingerprint density at radius 1 is 1.38 bits per heavy atom. The van der Waals surface area contributed by atoms with Gasteiger partial charge in [-0.3, -0.25) is 4.90 Å². The summed E-state index contributed by atoms with van der Waals surface area (Å²) in [5.74, 6) is 0. The molecule has 0 bridgehead atoms. The van der Waals surface area contributed by atoms with Crippen molar-refractivity contribution in [3.8, 4) is 0 Å². The maximum absolute atomic E-state index is 3.52. The molecule has 2 rings (SSSR count). The number of nitrogens with one attached hydrogen (secondary N) is 1. The van der Waals surface area contributed by atoms with Crippen molar-refractivity contribution >= 4 is 11.3 Å². The van der Waals surface area contributed by atoms with Crippen LogP contribution in [0.25, 0.3) is 0 Å². The lowest BCUT2D eigenvalue weighted by molar-refractivity contribution is 0.0883. The first-order chi connectivity index (χ1) is 9.99. The summed E-state index contributed by atoms with van der Waals surface area (Å²) in [7, 11) is 2.26. The van der Waals surface area contributed by atoms with Crippen LogP contribution in [0.5, 0.6) is 0 Å². The van der Waals surface area contributed by atoms with Gasteiger partial charge in [-0.1, -0.05) is 20.8 Å². The lowest BCUT2D eigenvalue weighted by atomic mass is 10.1. The molecule has 2 heterocycles. The molecule has 0 aromatic carbocycles. The number of nitrogens with zero attached hydrogens (tertiary/aromatic N) is 2. The van der Waals surface area contributed by atoms with E-state index in [9.17, 15) is 0 Å². The summed E-state index contributed by atoms with van der Waals surface area (Å²) in [6.07, 6.45) is 1.25. The Kier molecular flexibility index (Phi) is 6.23. The minimum absolute atomic E-state index is 0.554. The van der Waals surface area contributed by atoms with E-state index in [2.05, 4.69) is 55.9 Å². The molecule has 0 saturated carbocycles. The number of hydrogen-bond acceptors (Lipinski definition) is 4. The smallest absolute Gasteiger partial charge is 0.0302 e. The Morgan fingerprint density at radius 3 is 2.81 bits per heavy atom. The van der Waals surface area contributed by atoms with Crippen LogP contribution in [-0.2, 0) is 13.1 Å². The molecule has 1 unspecified atom stereocenters. The van der Waals surface area contributed by atoms with Crippen LogP contribution in [-0.4, -0.2) is 48.6 Å².